The molecule has 5 heteroatoms. The third-order valence-corrected chi connectivity index (χ3v) is 3.58. The highest BCUT2D eigenvalue weighted by atomic mass is 16.2. The Labute approximate surface area is 123 Å². The molecule has 0 spiro atoms. The maximum atomic E-state index is 11.6. The van der Waals surface area contributed by atoms with Crippen molar-refractivity contribution in [2.24, 2.45) is 10.4 Å². The van der Waals surface area contributed by atoms with Gasteiger partial charge in [0, 0.05) is 39.1 Å². The van der Waals surface area contributed by atoms with Crippen molar-refractivity contribution < 1.29 is 4.79 Å². The van der Waals surface area contributed by atoms with Crippen LogP contribution in [0.15, 0.2) is 4.99 Å². The second-order valence-electron chi connectivity index (χ2n) is 6.63. The van der Waals surface area contributed by atoms with Crippen molar-refractivity contribution in [3.05, 3.63) is 0 Å². The average molecular weight is 282 g/mol. The lowest BCUT2D eigenvalue weighted by molar-refractivity contribution is -0.129. The number of guanidine groups is 1. The number of likely N-dealkylation sites (tertiary alicyclic amines) is 1. The van der Waals surface area contributed by atoms with E-state index in [1.54, 1.807) is 7.05 Å². The predicted octanol–water partition coefficient (Wildman–Crippen LogP) is 1.60. The first kappa shape index (κ1) is 16.8. The van der Waals surface area contributed by atoms with E-state index in [-0.39, 0.29) is 5.91 Å². The molecule has 1 amide bonds. The van der Waals surface area contributed by atoms with Crippen molar-refractivity contribution in [2.45, 2.75) is 53.0 Å². The Morgan fingerprint density at radius 3 is 2.65 bits per heavy atom. The first-order chi connectivity index (χ1) is 9.35. The summed E-state index contributed by atoms with van der Waals surface area (Å²) >= 11 is 0. The summed E-state index contributed by atoms with van der Waals surface area (Å²) in [4.78, 5) is 17.8. The van der Waals surface area contributed by atoms with E-state index in [1.807, 2.05) is 11.8 Å². The van der Waals surface area contributed by atoms with Crippen LogP contribution in [-0.4, -0.2) is 49.5 Å². The maximum absolute atomic E-state index is 11.6. The van der Waals surface area contributed by atoms with Crippen LogP contribution >= 0.6 is 0 Å². The number of carbonyl (C=O) groups is 1. The van der Waals surface area contributed by atoms with E-state index < -0.39 is 0 Å². The largest absolute Gasteiger partial charge is 0.356 e. The Morgan fingerprint density at radius 1 is 1.40 bits per heavy atom. The van der Waals surface area contributed by atoms with Gasteiger partial charge >= 0.3 is 0 Å². The smallest absolute Gasteiger partial charge is 0.222 e. The van der Waals surface area contributed by atoms with Crippen molar-refractivity contribution in [1.82, 2.24) is 15.5 Å². The van der Waals surface area contributed by atoms with Gasteiger partial charge < -0.3 is 15.5 Å². The van der Waals surface area contributed by atoms with Gasteiger partial charge in [-0.2, -0.15) is 0 Å². The van der Waals surface area contributed by atoms with Crippen molar-refractivity contribution >= 4 is 11.9 Å². The fourth-order valence-electron chi connectivity index (χ4n) is 2.27. The van der Waals surface area contributed by atoms with E-state index in [4.69, 9.17) is 0 Å². The molecular weight excluding hydrogens is 252 g/mol. The minimum absolute atomic E-state index is 0.241. The SMILES string of the molecule is CCC(=O)N1CCC(NC(=NC)NCCC(C)(C)C)C1. The summed E-state index contributed by atoms with van der Waals surface area (Å²) in [5, 5.41) is 6.75. The Bertz CT molecular complexity index is 346. The molecule has 116 valence electrons. The molecule has 1 atom stereocenters. The number of carbonyl (C=O) groups excluding carboxylic acids is 1. The van der Waals surface area contributed by atoms with Gasteiger partial charge in [-0.15, -0.1) is 0 Å². The zero-order valence-corrected chi connectivity index (χ0v) is 13.6. The Kier molecular flexibility index (Phi) is 6.30. The second kappa shape index (κ2) is 7.50. The van der Waals surface area contributed by atoms with Gasteiger partial charge in [0.05, 0.1) is 0 Å². The summed E-state index contributed by atoms with van der Waals surface area (Å²) in [5.41, 5.74) is 0.323. The molecule has 1 rings (SSSR count). The summed E-state index contributed by atoms with van der Waals surface area (Å²) in [7, 11) is 1.79. The van der Waals surface area contributed by atoms with Crippen LogP contribution in [0.1, 0.15) is 47.0 Å². The molecule has 1 aliphatic rings. The molecule has 1 fully saturated rings. The topological polar surface area (TPSA) is 56.7 Å². The van der Waals surface area contributed by atoms with Gasteiger partial charge in [0.2, 0.25) is 5.91 Å². The van der Waals surface area contributed by atoms with Crippen molar-refractivity contribution in [2.75, 3.05) is 26.7 Å². The quantitative estimate of drug-likeness (QED) is 0.608. The van der Waals surface area contributed by atoms with Crippen LogP contribution in [0.2, 0.25) is 0 Å². The van der Waals surface area contributed by atoms with Crippen LogP contribution in [0, 0.1) is 5.41 Å². The van der Waals surface area contributed by atoms with E-state index in [0.717, 1.165) is 38.4 Å². The molecule has 0 saturated carbocycles. The van der Waals surface area contributed by atoms with E-state index in [0.29, 0.717) is 17.9 Å². The van der Waals surface area contributed by atoms with Gasteiger partial charge in [-0.3, -0.25) is 9.79 Å². The number of hydrogen-bond donors (Lipinski definition) is 2. The minimum atomic E-state index is 0.241. The first-order valence-corrected chi connectivity index (χ1v) is 7.60. The first-order valence-electron chi connectivity index (χ1n) is 7.60. The van der Waals surface area contributed by atoms with Crippen molar-refractivity contribution in [3.8, 4) is 0 Å². The molecule has 0 aromatic rings. The number of nitrogens with one attached hydrogen (secondary N) is 2. The summed E-state index contributed by atoms with van der Waals surface area (Å²) in [6, 6.07) is 0.311. The molecule has 1 aliphatic heterocycles. The third-order valence-electron chi connectivity index (χ3n) is 3.58. The Balaban J connectivity index is 2.33. The number of rotatable bonds is 4. The zero-order valence-electron chi connectivity index (χ0n) is 13.6. The van der Waals surface area contributed by atoms with Crippen molar-refractivity contribution in [1.29, 1.82) is 0 Å². The molecule has 2 N–H and O–H groups in total. The van der Waals surface area contributed by atoms with Crippen LogP contribution in [0.3, 0.4) is 0 Å². The monoisotopic (exact) mass is 282 g/mol. The van der Waals surface area contributed by atoms with E-state index >= 15 is 0 Å². The maximum Gasteiger partial charge on any atom is 0.222 e. The van der Waals surface area contributed by atoms with Crippen molar-refractivity contribution in [3.63, 3.8) is 0 Å². The normalized spacial score (nSPS) is 20.1. The van der Waals surface area contributed by atoms with Gasteiger partial charge in [-0.05, 0) is 18.3 Å². The van der Waals surface area contributed by atoms with Crippen LogP contribution in [0.25, 0.3) is 0 Å². The van der Waals surface area contributed by atoms with Gasteiger partial charge in [-0.25, -0.2) is 0 Å². The summed E-state index contributed by atoms with van der Waals surface area (Å²) in [5.74, 6) is 1.08. The molecular formula is C15H30N4O. The average Bonchev–Trinajstić information content (AvgIpc) is 2.83. The number of nitrogens with zero attached hydrogens (tertiary/aromatic N) is 2. The molecule has 1 unspecified atom stereocenters. The molecule has 0 aromatic carbocycles. The molecule has 0 aliphatic carbocycles. The standard InChI is InChI=1S/C15H30N4O/c1-6-13(20)19-10-7-12(11-19)18-14(16-5)17-9-8-15(2,3)4/h12H,6-11H2,1-5H3,(H2,16,17,18). The number of hydrogen-bond acceptors (Lipinski definition) is 2. The zero-order chi connectivity index (χ0) is 15.2. The molecule has 0 bridgehead atoms. The summed E-state index contributed by atoms with van der Waals surface area (Å²) in [6.07, 6.45) is 2.68. The molecule has 20 heavy (non-hydrogen) atoms. The lowest BCUT2D eigenvalue weighted by atomic mass is 9.92. The highest BCUT2D eigenvalue weighted by Gasteiger charge is 2.25. The molecule has 1 saturated heterocycles. The fraction of sp³-hybridized carbons (Fsp3) is 0.867. The number of aliphatic imine (C=N–C) groups is 1. The Morgan fingerprint density at radius 2 is 2.10 bits per heavy atom. The highest BCUT2D eigenvalue weighted by molar-refractivity contribution is 5.80. The lowest BCUT2D eigenvalue weighted by Crippen LogP contribution is -2.45. The lowest BCUT2D eigenvalue weighted by Gasteiger charge is -2.21. The number of amides is 1. The predicted molar refractivity (Wildman–Crippen MR) is 83.8 cm³/mol. The summed E-state index contributed by atoms with van der Waals surface area (Å²) < 4.78 is 0. The van der Waals surface area contributed by atoms with Gasteiger partial charge in [0.1, 0.15) is 0 Å². The second-order valence-corrected chi connectivity index (χ2v) is 6.63. The van der Waals surface area contributed by atoms with Crippen LogP contribution in [0.5, 0.6) is 0 Å². The Hall–Kier alpha value is -1.26. The molecule has 1 heterocycles. The molecule has 0 aromatic heterocycles. The van der Waals surface area contributed by atoms with Crippen LogP contribution < -0.4 is 10.6 Å². The minimum Gasteiger partial charge on any atom is -0.356 e. The van der Waals surface area contributed by atoms with Gasteiger partial charge in [0.15, 0.2) is 5.96 Å². The van der Waals surface area contributed by atoms with Gasteiger partial charge in [0.25, 0.3) is 0 Å². The van der Waals surface area contributed by atoms with E-state index in [1.165, 1.54) is 0 Å². The molecule has 0 radical (unpaired) electrons. The van der Waals surface area contributed by atoms with E-state index in [2.05, 4.69) is 36.4 Å². The summed E-state index contributed by atoms with van der Waals surface area (Å²) in [6.45, 7) is 11.2. The van der Waals surface area contributed by atoms with Crippen LogP contribution in [0.4, 0.5) is 0 Å². The fourth-order valence-corrected chi connectivity index (χ4v) is 2.27. The van der Waals surface area contributed by atoms with Crippen LogP contribution in [-0.2, 0) is 4.79 Å². The van der Waals surface area contributed by atoms with E-state index in [9.17, 15) is 4.79 Å². The highest BCUT2D eigenvalue weighted by Crippen LogP contribution is 2.17. The third kappa shape index (κ3) is 5.80. The van der Waals surface area contributed by atoms with Gasteiger partial charge in [-0.1, -0.05) is 27.7 Å². The molecule has 5 nitrogen and oxygen atoms in total.